The third kappa shape index (κ3) is 18.1. The van der Waals surface area contributed by atoms with Crippen LogP contribution in [0, 0.1) is 0 Å². The molecule has 0 saturated carbocycles. The van der Waals surface area contributed by atoms with E-state index in [1.165, 1.54) is 0 Å². The summed E-state index contributed by atoms with van der Waals surface area (Å²) < 4.78 is 15.2. The van der Waals surface area contributed by atoms with E-state index in [1.807, 2.05) is 0 Å². The molecule has 0 heterocycles. The molecule has 0 bridgehead atoms. The van der Waals surface area contributed by atoms with E-state index in [0.717, 1.165) is 6.92 Å². The first kappa shape index (κ1) is 14.3. The van der Waals surface area contributed by atoms with Crippen molar-refractivity contribution in [2.24, 2.45) is 0 Å². The second-order valence-electron chi connectivity index (χ2n) is 1.60. The molecular formula is C4H8BFO7. The van der Waals surface area contributed by atoms with Crippen LogP contribution in [-0.2, 0) is 14.3 Å². The molecule has 0 aromatic heterocycles. The molecule has 1 unspecified atom stereocenters. The molecule has 0 aliphatic carbocycles. The highest BCUT2D eigenvalue weighted by atomic mass is 19.1. The van der Waals surface area contributed by atoms with Gasteiger partial charge < -0.3 is 24.9 Å². The Kier molecular flexibility index (Phi) is 8.24. The topological polar surface area (TPSA) is 124 Å². The fourth-order valence-corrected chi connectivity index (χ4v) is 0.198. The van der Waals surface area contributed by atoms with Crippen LogP contribution in [0.4, 0.5) is 4.39 Å². The zero-order valence-electron chi connectivity index (χ0n) is 6.55. The molecule has 0 aliphatic heterocycles. The molecule has 0 aliphatic rings. The van der Waals surface area contributed by atoms with Crippen molar-refractivity contribution in [3.05, 3.63) is 0 Å². The lowest BCUT2D eigenvalue weighted by molar-refractivity contribution is -0.172. The van der Waals surface area contributed by atoms with Crippen LogP contribution in [0.5, 0.6) is 0 Å². The molecule has 76 valence electrons. The van der Waals surface area contributed by atoms with Gasteiger partial charge in [-0.1, -0.05) is 0 Å². The first-order chi connectivity index (χ1) is 5.77. The molecule has 9 heteroatoms. The normalized spacial score (nSPS) is 10.5. The summed E-state index contributed by atoms with van der Waals surface area (Å²) in [5, 5.41) is 29.3. The van der Waals surface area contributed by atoms with Gasteiger partial charge in [0.1, 0.15) is 0 Å². The Hall–Kier alpha value is -1.19. The van der Waals surface area contributed by atoms with Gasteiger partial charge in [0.2, 0.25) is 6.36 Å². The molecular weight excluding hydrogens is 190 g/mol. The third-order valence-electron chi connectivity index (χ3n) is 0.444. The zero-order valence-corrected chi connectivity index (χ0v) is 6.55. The van der Waals surface area contributed by atoms with Crippen molar-refractivity contribution in [1.29, 1.82) is 0 Å². The molecule has 1 atom stereocenters. The summed E-state index contributed by atoms with van der Waals surface area (Å²) in [5.74, 6) is -3.37. The Labute approximate surface area is 72.5 Å². The summed E-state index contributed by atoms with van der Waals surface area (Å²) in [5.41, 5.74) is 0. The number of carboxylic acids is 1. The summed E-state index contributed by atoms with van der Waals surface area (Å²) in [6.07, 6.45) is -1.87. The SMILES string of the molecule is CC(F)OC(=O)C(=O)O.OB(O)O. The third-order valence-corrected chi connectivity index (χ3v) is 0.444. The van der Waals surface area contributed by atoms with Gasteiger partial charge >= 0.3 is 19.3 Å². The van der Waals surface area contributed by atoms with Crippen molar-refractivity contribution in [3.8, 4) is 0 Å². The number of ether oxygens (including phenoxy) is 1. The van der Waals surface area contributed by atoms with Gasteiger partial charge in [0.15, 0.2) is 0 Å². The van der Waals surface area contributed by atoms with E-state index in [-0.39, 0.29) is 0 Å². The van der Waals surface area contributed by atoms with Crippen LogP contribution in [0.25, 0.3) is 0 Å². The number of alkyl halides is 1. The largest absolute Gasteiger partial charge is 0.631 e. The van der Waals surface area contributed by atoms with Gasteiger partial charge in [-0.15, -0.1) is 0 Å². The lowest BCUT2D eigenvalue weighted by Gasteiger charge is -1.98. The molecule has 0 aromatic rings. The predicted octanol–water partition coefficient (Wildman–Crippen LogP) is -2.12. The number of aliphatic carboxylic acids is 1. The predicted molar refractivity (Wildman–Crippen MR) is 36.7 cm³/mol. The van der Waals surface area contributed by atoms with Crippen molar-refractivity contribution in [2.75, 3.05) is 0 Å². The van der Waals surface area contributed by atoms with Gasteiger partial charge in [0.25, 0.3) is 0 Å². The van der Waals surface area contributed by atoms with Gasteiger partial charge in [-0.05, 0) is 0 Å². The number of carbonyl (C=O) groups excluding carboxylic acids is 1. The summed E-state index contributed by atoms with van der Waals surface area (Å²) in [4.78, 5) is 19.5. The van der Waals surface area contributed by atoms with E-state index < -0.39 is 25.6 Å². The quantitative estimate of drug-likeness (QED) is 0.215. The highest BCUT2D eigenvalue weighted by molar-refractivity contribution is 6.30. The maximum Gasteiger partial charge on any atom is 0.631 e. The lowest BCUT2D eigenvalue weighted by Crippen LogP contribution is -2.19. The van der Waals surface area contributed by atoms with Crippen LogP contribution < -0.4 is 0 Å². The van der Waals surface area contributed by atoms with Crippen LogP contribution in [0.15, 0.2) is 0 Å². The first-order valence-electron chi connectivity index (χ1n) is 2.89. The first-order valence-corrected chi connectivity index (χ1v) is 2.89. The van der Waals surface area contributed by atoms with E-state index in [0.29, 0.717) is 0 Å². The summed E-state index contributed by atoms with van der Waals surface area (Å²) in [6, 6.07) is 0. The lowest BCUT2D eigenvalue weighted by atomic mass is 10.3. The minimum atomic E-state index is -2.17. The fourth-order valence-electron chi connectivity index (χ4n) is 0.198. The molecule has 13 heavy (non-hydrogen) atoms. The molecule has 4 N–H and O–H groups in total. The molecule has 0 fully saturated rings. The zero-order chi connectivity index (χ0) is 11.0. The number of rotatable bonds is 1. The Morgan fingerprint density at radius 3 is 1.77 bits per heavy atom. The number of carboxylic acid groups (broad SMARTS) is 1. The average molecular weight is 198 g/mol. The van der Waals surface area contributed by atoms with Crippen molar-refractivity contribution < 1.29 is 38.9 Å². The smallest absolute Gasteiger partial charge is 0.473 e. The standard InChI is InChI=1S/C4H5FO4.BH3O3/c1-2(5)9-4(8)3(6)7;2-1(3)4/h2H,1H3,(H,6,7);2-4H. The highest BCUT2D eigenvalue weighted by Crippen LogP contribution is 1.90. The summed E-state index contributed by atoms with van der Waals surface area (Å²) in [7, 11) is -2.17. The van der Waals surface area contributed by atoms with Crippen molar-refractivity contribution in [3.63, 3.8) is 0 Å². The Morgan fingerprint density at radius 2 is 1.69 bits per heavy atom. The van der Waals surface area contributed by atoms with Crippen LogP contribution >= 0.6 is 0 Å². The average Bonchev–Trinajstić information content (AvgIpc) is 1.83. The van der Waals surface area contributed by atoms with Crippen LogP contribution in [0.3, 0.4) is 0 Å². The number of hydrogen-bond donors (Lipinski definition) is 4. The maximum absolute atomic E-state index is 11.6. The molecule has 7 nitrogen and oxygen atoms in total. The van der Waals surface area contributed by atoms with Crippen LogP contribution in [-0.4, -0.2) is 45.8 Å². The Balaban J connectivity index is 0. The minimum absolute atomic E-state index is 0.918. The summed E-state index contributed by atoms with van der Waals surface area (Å²) in [6.45, 7) is 0.918. The van der Waals surface area contributed by atoms with E-state index in [4.69, 9.17) is 20.2 Å². The molecule has 0 amide bonds. The number of esters is 1. The van der Waals surface area contributed by atoms with Crippen molar-refractivity contribution in [2.45, 2.75) is 13.3 Å². The van der Waals surface area contributed by atoms with Crippen molar-refractivity contribution >= 4 is 19.3 Å². The highest BCUT2D eigenvalue weighted by Gasteiger charge is 2.15. The van der Waals surface area contributed by atoms with E-state index in [9.17, 15) is 14.0 Å². The molecule has 0 spiro atoms. The monoisotopic (exact) mass is 198 g/mol. The fraction of sp³-hybridized carbons (Fsp3) is 0.500. The van der Waals surface area contributed by atoms with E-state index >= 15 is 0 Å². The van der Waals surface area contributed by atoms with Gasteiger partial charge in [-0.25, -0.2) is 14.0 Å². The molecule has 0 rings (SSSR count). The number of carbonyl (C=O) groups is 2. The van der Waals surface area contributed by atoms with Gasteiger partial charge in [0.05, 0.1) is 0 Å². The molecule has 0 saturated heterocycles. The summed E-state index contributed by atoms with van der Waals surface area (Å²) >= 11 is 0. The number of halogens is 1. The van der Waals surface area contributed by atoms with Crippen LogP contribution in [0.1, 0.15) is 6.92 Å². The number of hydrogen-bond acceptors (Lipinski definition) is 6. The van der Waals surface area contributed by atoms with Gasteiger partial charge in [-0.3, -0.25) is 0 Å². The van der Waals surface area contributed by atoms with E-state index in [1.54, 1.807) is 0 Å². The molecule has 0 radical (unpaired) electrons. The van der Waals surface area contributed by atoms with Gasteiger partial charge in [0, 0.05) is 6.92 Å². The Morgan fingerprint density at radius 1 is 1.38 bits per heavy atom. The molecule has 0 aromatic carbocycles. The Bertz CT molecular complexity index is 167. The van der Waals surface area contributed by atoms with Crippen LogP contribution in [0.2, 0.25) is 0 Å². The second kappa shape index (κ2) is 7.46. The van der Waals surface area contributed by atoms with Gasteiger partial charge in [-0.2, -0.15) is 0 Å². The second-order valence-corrected chi connectivity index (χ2v) is 1.60. The van der Waals surface area contributed by atoms with E-state index in [2.05, 4.69) is 4.74 Å². The maximum atomic E-state index is 11.6. The van der Waals surface area contributed by atoms with Crippen molar-refractivity contribution in [1.82, 2.24) is 0 Å². The minimum Gasteiger partial charge on any atom is -0.473 e.